The Hall–Kier alpha value is -2.17. The van der Waals surface area contributed by atoms with E-state index in [0.29, 0.717) is 5.52 Å². The number of phenolic OH excluding ortho intramolecular Hbond substituents is 1. The van der Waals surface area contributed by atoms with E-state index in [1.807, 2.05) is 0 Å². The van der Waals surface area contributed by atoms with E-state index in [1.165, 1.54) is 25.1 Å². The van der Waals surface area contributed by atoms with E-state index in [2.05, 4.69) is 9.97 Å². The Morgan fingerprint density at radius 2 is 2.20 bits per heavy atom. The molecule has 0 amide bonds. The van der Waals surface area contributed by atoms with Gasteiger partial charge in [-0.3, -0.25) is 9.59 Å². The summed E-state index contributed by atoms with van der Waals surface area (Å²) in [6, 6.07) is 4.22. The topological polar surface area (TPSA) is 83.0 Å². The second kappa shape index (κ2) is 3.20. The fraction of sp³-hybridized carbons (Fsp3) is 0.100. The Morgan fingerprint density at radius 3 is 2.87 bits per heavy atom. The zero-order valence-electron chi connectivity index (χ0n) is 7.94. The number of Topliss-reactive ketones (excluding diaryl/α,β-unsaturated/α-hetero) is 1. The fourth-order valence-corrected chi connectivity index (χ4v) is 1.29. The number of hydrogen-bond acceptors (Lipinski definition) is 4. The van der Waals surface area contributed by atoms with E-state index in [-0.39, 0.29) is 22.7 Å². The van der Waals surface area contributed by atoms with Crippen LogP contribution >= 0.6 is 0 Å². The molecule has 0 bridgehead atoms. The van der Waals surface area contributed by atoms with Crippen molar-refractivity contribution < 1.29 is 9.90 Å². The number of aromatic amines is 1. The number of aromatic hydroxyl groups is 1. The third-order valence-corrected chi connectivity index (χ3v) is 2.02. The highest BCUT2D eigenvalue weighted by Crippen LogP contribution is 2.14. The number of hydrogen-bond donors (Lipinski definition) is 2. The van der Waals surface area contributed by atoms with Crippen LogP contribution in [-0.2, 0) is 0 Å². The Kier molecular flexibility index (Phi) is 2.00. The predicted molar refractivity (Wildman–Crippen MR) is 54.0 cm³/mol. The zero-order chi connectivity index (χ0) is 11.0. The van der Waals surface area contributed by atoms with Crippen LogP contribution in [0.1, 0.15) is 17.5 Å². The molecule has 2 N–H and O–H groups in total. The van der Waals surface area contributed by atoms with Crippen molar-refractivity contribution in [3.8, 4) is 5.75 Å². The molecule has 1 aromatic heterocycles. The van der Waals surface area contributed by atoms with Crippen molar-refractivity contribution in [2.45, 2.75) is 6.92 Å². The number of fused-ring (bicyclic) bond motifs is 1. The summed E-state index contributed by atoms with van der Waals surface area (Å²) in [7, 11) is 0. The quantitative estimate of drug-likeness (QED) is 0.674. The molecule has 0 spiro atoms. The maximum Gasteiger partial charge on any atom is 0.259 e. The molecule has 15 heavy (non-hydrogen) atoms. The van der Waals surface area contributed by atoms with Crippen LogP contribution in [0, 0.1) is 0 Å². The molecule has 0 saturated heterocycles. The molecule has 0 radical (unpaired) electrons. The molecule has 2 aromatic rings. The number of aromatic nitrogens is 2. The van der Waals surface area contributed by atoms with Crippen molar-refractivity contribution >= 4 is 16.7 Å². The van der Waals surface area contributed by atoms with Gasteiger partial charge in [-0.05, 0) is 18.2 Å². The summed E-state index contributed by atoms with van der Waals surface area (Å²) in [5, 5.41) is 9.45. The van der Waals surface area contributed by atoms with Gasteiger partial charge in [0.15, 0.2) is 11.6 Å². The van der Waals surface area contributed by atoms with Gasteiger partial charge in [0.25, 0.3) is 5.56 Å². The highest BCUT2D eigenvalue weighted by molar-refractivity contribution is 5.92. The van der Waals surface area contributed by atoms with Crippen molar-refractivity contribution in [3.05, 3.63) is 34.4 Å². The number of carbonyl (C=O) groups is 1. The van der Waals surface area contributed by atoms with Gasteiger partial charge in [0.2, 0.25) is 0 Å². The van der Waals surface area contributed by atoms with E-state index < -0.39 is 5.56 Å². The van der Waals surface area contributed by atoms with Gasteiger partial charge in [-0.1, -0.05) is 0 Å². The van der Waals surface area contributed by atoms with Gasteiger partial charge in [-0.2, -0.15) is 0 Å². The van der Waals surface area contributed by atoms with E-state index in [9.17, 15) is 14.7 Å². The molecule has 0 aliphatic heterocycles. The summed E-state index contributed by atoms with van der Waals surface area (Å²) in [6.07, 6.45) is 0. The Balaban J connectivity index is 2.84. The van der Waals surface area contributed by atoms with Gasteiger partial charge >= 0.3 is 0 Å². The monoisotopic (exact) mass is 204 g/mol. The molecule has 0 fully saturated rings. The average Bonchev–Trinajstić information content (AvgIpc) is 2.18. The molecule has 5 heteroatoms. The SMILES string of the molecule is CC(=O)c1nc2ccc(O)cc2c(=O)[nH]1. The Labute approximate surface area is 84.4 Å². The normalized spacial score (nSPS) is 10.5. The molecule has 5 nitrogen and oxygen atoms in total. The summed E-state index contributed by atoms with van der Waals surface area (Å²) >= 11 is 0. The highest BCUT2D eigenvalue weighted by atomic mass is 16.3. The second-order valence-electron chi connectivity index (χ2n) is 3.17. The van der Waals surface area contributed by atoms with Gasteiger partial charge in [0.05, 0.1) is 10.9 Å². The number of nitrogens with zero attached hydrogens (tertiary/aromatic N) is 1. The highest BCUT2D eigenvalue weighted by Gasteiger charge is 2.07. The lowest BCUT2D eigenvalue weighted by molar-refractivity contribution is 0.100. The standard InChI is InChI=1S/C10H8N2O3/c1-5(13)9-11-8-3-2-6(14)4-7(8)10(15)12-9/h2-4,14H,1H3,(H,11,12,15). The van der Waals surface area contributed by atoms with Crippen LogP contribution in [0.4, 0.5) is 0 Å². The van der Waals surface area contributed by atoms with Crippen LogP contribution in [0.2, 0.25) is 0 Å². The molecule has 0 atom stereocenters. The van der Waals surface area contributed by atoms with Crippen LogP contribution in [0.25, 0.3) is 10.9 Å². The third-order valence-electron chi connectivity index (χ3n) is 2.02. The van der Waals surface area contributed by atoms with E-state index in [4.69, 9.17) is 0 Å². The second-order valence-corrected chi connectivity index (χ2v) is 3.17. The number of phenols is 1. The van der Waals surface area contributed by atoms with Crippen molar-refractivity contribution in [1.82, 2.24) is 9.97 Å². The molecule has 1 heterocycles. The summed E-state index contributed by atoms with van der Waals surface area (Å²) in [5.41, 5.74) is -0.0390. The van der Waals surface area contributed by atoms with Crippen LogP contribution in [0.15, 0.2) is 23.0 Å². The summed E-state index contributed by atoms with van der Waals surface area (Å²) < 4.78 is 0. The lowest BCUT2D eigenvalue weighted by Crippen LogP contribution is -2.14. The Morgan fingerprint density at radius 1 is 1.47 bits per heavy atom. The van der Waals surface area contributed by atoms with Gasteiger partial charge in [0.1, 0.15) is 5.75 Å². The molecule has 1 aromatic carbocycles. The maximum atomic E-state index is 11.5. The number of ketones is 1. The molecule has 2 rings (SSSR count). The first kappa shape index (κ1) is 9.39. The summed E-state index contributed by atoms with van der Waals surface area (Å²) in [5.74, 6) is -0.286. The molecule has 0 aliphatic rings. The van der Waals surface area contributed by atoms with E-state index in [1.54, 1.807) is 0 Å². The summed E-state index contributed by atoms with van der Waals surface area (Å²) in [6.45, 7) is 1.32. The minimum absolute atomic E-state index is 0.00891. The largest absolute Gasteiger partial charge is 0.508 e. The molecular formula is C10H8N2O3. The first-order valence-electron chi connectivity index (χ1n) is 4.32. The third kappa shape index (κ3) is 1.59. The molecule has 0 aliphatic carbocycles. The first-order chi connectivity index (χ1) is 7.08. The number of nitrogens with one attached hydrogen (secondary N) is 1. The molecule has 0 saturated carbocycles. The summed E-state index contributed by atoms with van der Waals surface area (Å²) in [4.78, 5) is 28.8. The van der Waals surface area contributed by atoms with Gasteiger partial charge in [-0.25, -0.2) is 4.98 Å². The smallest absolute Gasteiger partial charge is 0.259 e. The average molecular weight is 204 g/mol. The van der Waals surface area contributed by atoms with Crippen LogP contribution in [0.3, 0.4) is 0 Å². The van der Waals surface area contributed by atoms with Gasteiger partial charge in [-0.15, -0.1) is 0 Å². The molecular weight excluding hydrogens is 196 g/mol. The maximum absolute atomic E-state index is 11.5. The lowest BCUT2D eigenvalue weighted by atomic mass is 10.2. The minimum atomic E-state index is -0.430. The van der Waals surface area contributed by atoms with E-state index >= 15 is 0 Å². The van der Waals surface area contributed by atoms with Crippen LogP contribution in [-0.4, -0.2) is 20.9 Å². The van der Waals surface area contributed by atoms with Crippen molar-refractivity contribution in [1.29, 1.82) is 0 Å². The van der Waals surface area contributed by atoms with Crippen molar-refractivity contribution in [3.63, 3.8) is 0 Å². The predicted octanol–water partition coefficient (Wildman–Crippen LogP) is 0.831. The number of benzene rings is 1. The minimum Gasteiger partial charge on any atom is -0.508 e. The fourth-order valence-electron chi connectivity index (χ4n) is 1.29. The first-order valence-corrected chi connectivity index (χ1v) is 4.32. The number of rotatable bonds is 1. The Bertz CT molecular complexity index is 601. The molecule has 0 unspecified atom stereocenters. The molecule has 76 valence electrons. The van der Waals surface area contributed by atoms with Crippen LogP contribution < -0.4 is 5.56 Å². The van der Waals surface area contributed by atoms with Gasteiger partial charge in [0, 0.05) is 6.92 Å². The number of carbonyl (C=O) groups excluding carboxylic acids is 1. The van der Waals surface area contributed by atoms with E-state index in [0.717, 1.165) is 0 Å². The van der Waals surface area contributed by atoms with Crippen LogP contribution in [0.5, 0.6) is 5.75 Å². The zero-order valence-corrected chi connectivity index (χ0v) is 7.94. The van der Waals surface area contributed by atoms with Gasteiger partial charge < -0.3 is 10.1 Å². The number of H-pyrrole nitrogens is 1. The van der Waals surface area contributed by atoms with Crippen molar-refractivity contribution in [2.24, 2.45) is 0 Å². The van der Waals surface area contributed by atoms with Crippen molar-refractivity contribution in [2.75, 3.05) is 0 Å². The lowest BCUT2D eigenvalue weighted by Gasteiger charge is -1.99.